The molecule has 4 rings (SSSR count). The van der Waals surface area contributed by atoms with Crippen molar-refractivity contribution in [2.75, 3.05) is 10.6 Å². The molecular weight excluding hydrogens is 340 g/mol. The summed E-state index contributed by atoms with van der Waals surface area (Å²) in [5, 5.41) is 16.4. The number of hydrogen-bond donors (Lipinski definition) is 3. The number of benzene rings is 3. The van der Waals surface area contributed by atoms with Gasteiger partial charge in [0.25, 0.3) is 0 Å². The van der Waals surface area contributed by atoms with Gasteiger partial charge in [-0.2, -0.15) is 4.98 Å². The monoisotopic (exact) mass is 356 g/mol. The van der Waals surface area contributed by atoms with Gasteiger partial charge >= 0.3 is 5.97 Å². The Morgan fingerprint density at radius 2 is 1.41 bits per heavy atom. The fraction of sp³-hybridized carbons (Fsp3) is 0. The maximum atomic E-state index is 11.0. The molecule has 0 atom stereocenters. The van der Waals surface area contributed by atoms with Gasteiger partial charge in [-0.05, 0) is 48.5 Å². The fourth-order valence-electron chi connectivity index (χ4n) is 2.71. The van der Waals surface area contributed by atoms with E-state index in [1.165, 1.54) is 12.1 Å². The molecule has 4 aromatic rings. The highest BCUT2D eigenvalue weighted by molar-refractivity contribution is 5.92. The summed E-state index contributed by atoms with van der Waals surface area (Å²) in [7, 11) is 0. The normalized spacial score (nSPS) is 10.5. The zero-order chi connectivity index (χ0) is 18.6. The van der Waals surface area contributed by atoms with Gasteiger partial charge in [-0.25, -0.2) is 9.78 Å². The number of rotatable bonds is 5. The molecule has 0 unspecified atom stereocenters. The summed E-state index contributed by atoms with van der Waals surface area (Å²) in [6.45, 7) is 0. The van der Waals surface area contributed by atoms with Crippen LogP contribution in [0, 0.1) is 0 Å². The van der Waals surface area contributed by atoms with Gasteiger partial charge in [0.2, 0.25) is 5.95 Å². The summed E-state index contributed by atoms with van der Waals surface area (Å²) in [6, 6.07) is 24.0. The van der Waals surface area contributed by atoms with Gasteiger partial charge in [0.05, 0.1) is 11.1 Å². The molecule has 0 bridgehead atoms. The number of fused-ring (bicyclic) bond motifs is 1. The van der Waals surface area contributed by atoms with Crippen molar-refractivity contribution in [2.24, 2.45) is 0 Å². The van der Waals surface area contributed by atoms with E-state index in [2.05, 4.69) is 20.6 Å². The molecule has 27 heavy (non-hydrogen) atoms. The third-order valence-corrected chi connectivity index (χ3v) is 4.03. The molecule has 3 aromatic carbocycles. The second-order valence-electron chi connectivity index (χ2n) is 5.91. The summed E-state index contributed by atoms with van der Waals surface area (Å²) in [4.78, 5) is 20.1. The van der Waals surface area contributed by atoms with E-state index in [9.17, 15) is 4.79 Å². The van der Waals surface area contributed by atoms with E-state index in [1.54, 1.807) is 12.1 Å². The van der Waals surface area contributed by atoms with Crippen LogP contribution in [0.15, 0.2) is 78.9 Å². The molecule has 1 aromatic heterocycles. The number of carbonyl (C=O) groups is 1. The molecule has 0 aliphatic rings. The highest BCUT2D eigenvalue weighted by Gasteiger charge is 2.09. The Morgan fingerprint density at radius 1 is 0.741 bits per heavy atom. The van der Waals surface area contributed by atoms with E-state index in [0.717, 1.165) is 16.6 Å². The molecule has 0 saturated heterocycles. The van der Waals surface area contributed by atoms with Crippen molar-refractivity contribution >= 4 is 40.0 Å². The minimum atomic E-state index is -0.960. The number of carboxylic acids is 1. The fourth-order valence-corrected chi connectivity index (χ4v) is 2.71. The molecule has 1 heterocycles. The molecule has 0 aliphatic carbocycles. The molecule has 0 radical (unpaired) electrons. The molecule has 0 amide bonds. The lowest BCUT2D eigenvalue weighted by Gasteiger charge is -2.12. The molecule has 0 saturated carbocycles. The lowest BCUT2D eigenvalue weighted by atomic mass is 10.2. The van der Waals surface area contributed by atoms with Gasteiger partial charge in [-0.3, -0.25) is 0 Å². The number of para-hydroxylation sites is 2. The predicted octanol–water partition coefficient (Wildman–Crippen LogP) is 4.82. The van der Waals surface area contributed by atoms with Crippen molar-refractivity contribution in [2.45, 2.75) is 0 Å². The first-order valence-electron chi connectivity index (χ1n) is 8.38. The molecule has 6 heteroatoms. The van der Waals surface area contributed by atoms with Crippen molar-refractivity contribution in [3.05, 3.63) is 84.4 Å². The van der Waals surface area contributed by atoms with Crippen LogP contribution in [0.2, 0.25) is 0 Å². The van der Waals surface area contributed by atoms with Gasteiger partial charge in [0.15, 0.2) is 0 Å². The van der Waals surface area contributed by atoms with Crippen molar-refractivity contribution in [3.63, 3.8) is 0 Å². The summed E-state index contributed by atoms with van der Waals surface area (Å²) < 4.78 is 0. The van der Waals surface area contributed by atoms with Crippen LogP contribution in [-0.2, 0) is 0 Å². The average molecular weight is 356 g/mol. The average Bonchev–Trinajstić information content (AvgIpc) is 2.69. The number of anilines is 4. The first kappa shape index (κ1) is 16.5. The van der Waals surface area contributed by atoms with Crippen LogP contribution in [0.4, 0.5) is 23.1 Å². The highest BCUT2D eigenvalue weighted by Crippen LogP contribution is 2.26. The zero-order valence-electron chi connectivity index (χ0n) is 14.3. The largest absolute Gasteiger partial charge is 0.478 e. The predicted molar refractivity (Wildman–Crippen MR) is 106 cm³/mol. The van der Waals surface area contributed by atoms with Crippen LogP contribution in [0.3, 0.4) is 0 Å². The number of carboxylic acid groups (broad SMARTS) is 1. The number of hydrogen-bond acceptors (Lipinski definition) is 5. The summed E-state index contributed by atoms with van der Waals surface area (Å²) in [5.41, 5.74) is 2.67. The van der Waals surface area contributed by atoms with E-state index in [0.29, 0.717) is 17.5 Å². The van der Waals surface area contributed by atoms with Crippen LogP contribution in [0.25, 0.3) is 10.9 Å². The molecular formula is C21H16N4O2. The van der Waals surface area contributed by atoms with Gasteiger partial charge < -0.3 is 15.7 Å². The Morgan fingerprint density at radius 3 is 2.15 bits per heavy atom. The van der Waals surface area contributed by atoms with E-state index >= 15 is 0 Å². The lowest BCUT2D eigenvalue weighted by Crippen LogP contribution is -2.02. The summed E-state index contributed by atoms with van der Waals surface area (Å²) in [5.74, 6) is 0.157. The van der Waals surface area contributed by atoms with Crippen LogP contribution >= 0.6 is 0 Å². The van der Waals surface area contributed by atoms with Gasteiger partial charge in [-0.15, -0.1) is 0 Å². The SMILES string of the molecule is O=C(O)c1ccc(Nc2nc(Nc3ccccc3)c3ccccc3n2)cc1. The van der Waals surface area contributed by atoms with Gasteiger partial charge in [-0.1, -0.05) is 30.3 Å². The Balaban J connectivity index is 1.69. The second-order valence-corrected chi connectivity index (χ2v) is 5.91. The topological polar surface area (TPSA) is 87.1 Å². The summed E-state index contributed by atoms with van der Waals surface area (Å²) >= 11 is 0. The summed E-state index contributed by atoms with van der Waals surface area (Å²) in [6.07, 6.45) is 0. The van der Waals surface area contributed by atoms with E-state index in [1.807, 2.05) is 54.6 Å². The Labute approximate surface area is 155 Å². The van der Waals surface area contributed by atoms with Crippen LogP contribution in [0.5, 0.6) is 0 Å². The number of aromatic nitrogens is 2. The van der Waals surface area contributed by atoms with Crippen molar-refractivity contribution in [1.29, 1.82) is 0 Å². The molecule has 0 fully saturated rings. The van der Waals surface area contributed by atoms with Crippen LogP contribution in [-0.4, -0.2) is 21.0 Å². The van der Waals surface area contributed by atoms with Crippen molar-refractivity contribution in [1.82, 2.24) is 9.97 Å². The minimum Gasteiger partial charge on any atom is -0.478 e. The molecule has 0 aliphatic heterocycles. The minimum absolute atomic E-state index is 0.228. The Bertz CT molecular complexity index is 1100. The van der Waals surface area contributed by atoms with Gasteiger partial charge in [0, 0.05) is 16.8 Å². The maximum Gasteiger partial charge on any atom is 0.335 e. The number of nitrogens with zero attached hydrogens (tertiary/aromatic N) is 2. The van der Waals surface area contributed by atoms with E-state index in [4.69, 9.17) is 5.11 Å². The third-order valence-electron chi connectivity index (χ3n) is 4.03. The lowest BCUT2D eigenvalue weighted by molar-refractivity contribution is 0.0697. The van der Waals surface area contributed by atoms with Gasteiger partial charge in [0.1, 0.15) is 5.82 Å². The molecule has 132 valence electrons. The smallest absolute Gasteiger partial charge is 0.335 e. The molecule has 3 N–H and O–H groups in total. The first-order valence-corrected chi connectivity index (χ1v) is 8.38. The quantitative estimate of drug-likeness (QED) is 0.475. The Hall–Kier alpha value is -3.93. The van der Waals surface area contributed by atoms with E-state index < -0.39 is 5.97 Å². The van der Waals surface area contributed by atoms with Crippen LogP contribution < -0.4 is 10.6 Å². The molecule has 0 spiro atoms. The van der Waals surface area contributed by atoms with E-state index in [-0.39, 0.29) is 5.56 Å². The third kappa shape index (κ3) is 3.69. The number of nitrogens with one attached hydrogen (secondary N) is 2. The van der Waals surface area contributed by atoms with Crippen molar-refractivity contribution < 1.29 is 9.90 Å². The second kappa shape index (κ2) is 7.13. The van der Waals surface area contributed by atoms with Crippen molar-refractivity contribution in [3.8, 4) is 0 Å². The Kier molecular flexibility index (Phi) is 4.37. The zero-order valence-corrected chi connectivity index (χ0v) is 14.3. The highest BCUT2D eigenvalue weighted by atomic mass is 16.4. The van der Waals surface area contributed by atoms with Crippen LogP contribution in [0.1, 0.15) is 10.4 Å². The number of aromatic carboxylic acids is 1. The first-order chi connectivity index (χ1) is 13.2. The molecule has 6 nitrogen and oxygen atoms in total. The standard InChI is InChI=1S/C21H16N4O2/c26-20(27)14-10-12-16(13-11-14)23-21-24-18-9-5-4-8-17(18)19(25-21)22-15-6-2-1-3-7-15/h1-13H,(H,26,27)(H2,22,23,24,25). The maximum absolute atomic E-state index is 11.0.